The number of benzene rings is 2. The van der Waals surface area contributed by atoms with Gasteiger partial charge in [-0.1, -0.05) is 12.1 Å². The highest BCUT2D eigenvalue weighted by Crippen LogP contribution is 2.24. The van der Waals surface area contributed by atoms with Gasteiger partial charge in [-0.25, -0.2) is 13.4 Å². The molecule has 7 heteroatoms. The van der Waals surface area contributed by atoms with Crippen molar-refractivity contribution in [2.45, 2.75) is 16.3 Å². The minimum absolute atomic E-state index is 0.314. The summed E-state index contributed by atoms with van der Waals surface area (Å²) >= 11 is 0. The molecule has 0 unspecified atom stereocenters. The predicted octanol–water partition coefficient (Wildman–Crippen LogP) is 2.52. The molecule has 1 fully saturated rings. The SMILES string of the molecule is CN1CCN(c2ccc(S(=O)(=O)c3ccc(Cn4ccnc4)cc3)cc2)CC1. The minimum atomic E-state index is -3.52. The van der Waals surface area contributed by atoms with Gasteiger partial charge in [-0.15, -0.1) is 0 Å². The van der Waals surface area contributed by atoms with Crippen LogP contribution in [0.4, 0.5) is 5.69 Å². The molecule has 1 saturated heterocycles. The molecule has 0 atom stereocenters. The summed E-state index contributed by atoms with van der Waals surface area (Å²) in [6.07, 6.45) is 5.35. The monoisotopic (exact) mass is 396 g/mol. The van der Waals surface area contributed by atoms with Gasteiger partial charge in [0.05, 0.1) is 16.1 Å². The first-order valence-electron chi connectivity index (χ1n) is 9.36. The normalized spacial score (nSPS) is 15.7. The zero-order valence-corrected chi connectivity index (χ0v) is 16.7. The van der Waals surface area contributed by atoms with Gasteiger partial charge in [0.25, 0.3) is 0 Å². The van der Waals surface area contributed by atoms with E-state index in [0.717, 1.165) is 37.4 Å². The second kappa shape index (κ2) is 7.77. The van der Waals surface area contributed by atoms with Gasteiger partial charge in [-0.2, -0.15) is 0 Å². The number of rotatable bonds is 5. The number of likely N-dealkylation sites (N-methyl/N-ethyl adjacent to an activating group) is 1. The molecule has 0 aliphatic carbocycles. The van der Waals surface area contributed by atoms with E-state index in [0.29, 0.717) is 16.3 Å². The molecule has 2 heterocycles. The zero-order chi connectivity index (χ0) is 19.6. The van der Waals surface area contributed by atoms with Crippen LogP contribution in [-0.2, 0) is 16.4 Å². The van der Waals surface area contributed by atoms with Crippen LogP contribution < -0.4 is 4.90 Å². The highest BCUT2D eigenvalue weighted by atomic mass is 32.2. The van der Waals surface area contributed by atoms with Crippen molar-refractivity contribution in [3.63, 3.8) is 0 Å². The molecule has 0 bridgehead atoms. The first-order valence-corrected chi connectivity index (χ1v) is 10.8. The lowest BCUT2D eigenvalue weighted by Gasteiger charge is -2.34. The molecule has 1 aliphatic rings. The molecule has 146 valence electrons. The van der Waals surface area contributed by atoms with Crippen molar-refractivity contribution in [2.24, 2.45) is 0 Å². The quantitative estimate of drug-likeness (QED) is 0.663. The van der Waals surface area contributed by atoms with E-state index in [-0.39, 0.29) is 0 Å². The molecule has 0 amide bonds. The summed E-state index contributed by atoms with van der Waals surface area (Å²) in [5.74, 6) is 0. The Hall–Kier alpha value is -2.64. The standard InChI is InChI=1S/C21H24N4O2S/c1-23-12-14-25(15-13-23)19-4-8-21(9-5-19)28(26,27)20-6-2-18(3-7-20)16-24-11-10-22-17-24/h2-11,17H,12-16H2,1H3. The van der Waals surface area contributed by atoms with E-state index in [1.54, 1.807) is 36.8 Å². The van der Waals surface area contributed by atoms with Crippen LogP contribution in [0.2, 0.25) is 0 Å². The van der Waals surface area contributed by atoms with E-state index >= 15 is 0 Å². The number of imidazole rings is 1. The molecule has 2 aromatic carbocycles. The lowest BCUT2D eigenvalue weighted by Crippen LogP contribution is -2.44. The highest BCUT2D eigenvalue weighted by Gasteiger charge is 2.19. The average molecular weight is 397 g/mol. The second-order valence-corrected chi connectivity index (χ2v) is 9.12. The van der Waals surface area contributed by atoms with E-state index in [9.17, 15) is 8.42 Å². The van der Waals surface area contributed by atoms with Crippen molar-refractivity contribution < 1.29 is 8.42 Å². The largest absolute Gasteiger partial charge is 0.369 e. The maximum Gasteiger partial charge on any atom is 0.206 e. The van der Waals surface area contributed by atoms with Crippen molar-refractivity contribution in [2.75, 3.05) is 38.1 Å². The molecule has 1 aliphatic heterocycles. The van der Waals surface area contributed by atoms with Crippen LogP contribution in [0, 0.1) is 0 Å². The molecule has 0 saturated carbocycles. The predicted molar refractivity (Wildman–Crippen MR) is 109 cm³/mol. The van der Waals surface area contributed by atoms with Gasteiger partial charge < -0.3 is 14.4 Å². The summed E-state index contributed by atoms with van der Waals surface area (Å²) in [5.41, 5.74) is 2.10. The lowest BCUT2D eigenvalue weighted by atomic mass is 10.2. The fourth-order valence-electron chi connectivity index (χ4n) is 3.40. The maximum atomic E-state index is 13.0. The molecule has 4 rings (SSSR count). The van der Waals surface area contributed by atoms with Gasteiger partial charge in [0.15, 0.2) is 0 Å². The smallest absolute Gasteiger partial charge is 0.206 e. The van der Waals surface area contributed by atoms with Gasteiger partial charge in [-0.3, -0.25) is 0 Å². The minimum Gasteiger partial charge on any atom is -0.369 e. The number of aromatic nitrogens is 2. The fraction of sp³-hybridized carbons (Fsp3) is 0.286. The third kappa shape index (κ3) is 3.95. The van der Waals surface area contributed by atoms with Gasteiger partial charge in [-0.05, 0) is 49.0 Å². The van der Waals surface area contributed by atoms with Crippen molar-refractivity contribution in [3.05, 3.63) is 72.8 Å². The van der Waals surface area contributed by atoms with E-state index in [2.05, 4.69) is 21.8 Å². The summed E-state index contributed by atoms with van der Waals surface area (Å²) in [6.45, 7) is 4.62. The van der Waals surface area contributed by atoms with Crippen molar-refractivity contribution in [3.8, 4) is 0 Å². The van der Waals surface area contributed by atoms with Crippen molar-refractivity contribution >= 4 is 15.5 Å². The third-order valence-electron chi connectivity index (χ3n) is 5.17. The average Bonchev–Trinajstić information content (AvgIpc) is 3.22. The Morgan fingerprint density at radius 2 is 1.50 bits per heavy atom. The Labute approximate surface area is 166 Å². The summed E-state index contributed by atoms with van der Waals surface area (Å²) in [4.78, 5) is 9.25. The van der Waals surface area contributed by atoms with E-state index in [1.807, 2.05) is 35.0 Å². The fourth-order valence-corrected chi connectivity index (χ4v) is 4.66. The Morgan fingerprint density at radius 1 is 0.893 bits per heavy atom. The number of anilines is 1. The van der Waals surface area contributed by atoms with Crippen LogP contribution in [0.5, 0.6) is 0 Å². The molecular weight excluding hydrogens is 372 g/mol. The maximum absolute atomic E-state index is 13.0. The first-order chi connectivity index (χ1) is 13.5. The van der Waals surface area contributed by atoms with Gasteiger partial charge >= 0.3 is 0 Å². The van der Waals surface area contributed by atoms with Crippen molar-refractivity contribution in [1.82, 2.24) is 14.5 Å². The van der Waals surface area contributed by atoms with Crippen LogP contribution in [0.1, 0.15) is 5.56 Å². The zero-order valence-electron chi connectivity index (χ0n) is 15.9. The molecule has 6 nitrogen and oxygen atoms in total. The van der Waals surface area contributed by atoms with Crippen molar-refractivity contribution in [1.29, 1.82) is 0 Å². The summed E-state index contributed by atoms with van der Waals surface area (Å²) in [5, 5.41) is 0. The van der Waals surface area contributed by atoms with Crippen LogP contribution >= 0.6 is 0 Å². The second-order valence-electron chi connectivity index (χ2n) is 7.17. The van der Waals surface area contributed by atoms with Gasteiger partial charge in [0.2, 0.25) is 9.84 Å². The Kier molecular flexibility index (Phi) is 5.19. The molecule has 0 radical (unpaired) electrons. The molecule has 3 aromatic rings. The van der Waals surface area contributed by atoms with E-state index < -0.39 is 9.84 Å². The Morgan fingerprint density at radius 3 is 2.07 bits per heavy atom. The summed E-state index contributed by atoms with van der Waals surface area (Å²) in [6, 6.07) is 14.3. The van der Waals surface area contributed by atoms with Crippen LogP contribution in [-0.4, -0.2) is 56.1 Å². The number of sulfone groups is 1. The third-order valence-corrected chi connectivity index (χ3v) is 6.96. The lowest BCUT2D eigenvalue weighted by molar-refractivity contribution is 0.313. The molecule has 0 spiro atoms. The molecule has 28 heavy (non-hydrogen) atoms. The molecular formula is C21H24N4O2S. The van der Waals surface area contributed by atoms with Crippen LogP contribution in [0.3, 0.4) is 0 Å². The number of hydrogen-bond donors (Lipinski definition) is 0. The van der Waals surface area contributed by atoms with Crippen LogP contribution in [0.15, 0.2) is 77.0 Å². The van der Waals surface area contributed by atoms with Gasteiger partial charge in [0, 0.05) is 50.8 Å². The molecule has 1 aromatic heterocycles. The Balaban J connectivity index is 1.49. The molecule has 0 N–H and O–H groups in total. The number of hydrogen-bond acceptors (Lipinski definition) is 5. The number of nitrogens with zero attached hydrogens (tertiary/aromatic N) is 4. The summed E-state index contributed by atoms with van der Waals surface area (Å²) in [7, 11) is -1.40. The highest BCUT2D eigenvalue weighted by molar-refractivity contribution is 7.91. The summed E-state index contributed by atoms with van der Waals surface area (Å²) < 4.78 is 27.9. The van der Waals surface area contributed by atoms with E-state index in [4.69, 9.17) is 0 Å². The topological polar surface area (TPSA) is 58.4 Å². The van der Waals surface area contributed by atoms with E-state index in [1.165, 1.54) is 0 Å². The van der Waals surface area contributed by atoms with Gasteiger partial charge in [0.1, 0.15) is 0 Å². The first kappa shape index (κ1) is 18.7. The van der Waals surface area contributed by atoms with Crippen LogP contribution in [0.25, 0.3) is 0 Å². The number of piperazine rings is 1. The Bertz CT molecular complexity index is 1010.